The first kappa shape index (κ1) is 9.67. The summed E-state index contributed by atoms with van der Waals surface area (Å²) in [6, 6.07) is 5.73. The van der Waals surface area contributed by atoms with E-state index in [-0.39, 0.29) is 17.1 Å². The minimum absolute atomic E-state index is 0.0579. The number of hydrogen-bond acceptors (Lipinski definition) is 3. The number of rotatable bonds is 3. The lowest BCUT2D eigenvalue weighted by Crippen LogP contribution is -2.04. The smallest absolute Gasteiger partial charge is 0.280 e. The van der Waals surface area contributed by atoms with Gasteiger partial charge in [0.15, 0.2) is 5.78 Å². The third-order valence-electron chi connectivity index (χ3n) is 1.52. The van der Waals surface area contributed by atoms with Crippen LogP contribution in [0, 0.1) is 10.1 Å². The molecular formula is C8H6ClNO3. The van der Waals surface area contributed by atoms with E-state index in [1.165, 1.54) is 18.2 Å². The molecule has 0 heterocycles. The second kappa shape index (κ2) is 4.00. The Morgan fingerprint density at radius 3 is 2.62 bits per heavy atom. The maximum atomic E-state index is 11.1. The molecule has 0 aliphatic rings. The number of ketones is 1. The van der Waals surface area contributed by atoms with Crippen LogP contribution in [0.4, 0.5) is 5.69 Å². The highest BCUT2D eigenvalue weighted by atomic mass is 35.5. The Hall–Kier alpha value is -1.42. The number of hydrogen-bond donors (Lipinski definition) is 0. The molecule has 5 heteroatoms. The Morgan fingerprint density at radius 2 is 2.08 bits per heavy atom. The predicted molar refractivity (Wildman–Crippen MR) is 48.1 cm³/mol. The van der Waals surface area contributed by atoms with E-state index < -0.39 is 10.7 Å². The molecule has 0 radical (unpaired) electrons. The van der Waals surface area contributed by atoms with Crippen LogP contribution in [0.5, 0.6) is 0 Å². The molecule has 1 aromatic rings. The molecule has 0 aromatic heterocycles. The van der Waals surface area contributed by atoms with Crippen molar-refractivity contribution in [2.24, 2.45) is 0 Å². The van der Waals surface area contributed by atoms with Crippen molar-refractivity contribution >= 4 is 23.1 Å². The molecule has 0 amide bonds. The molecule has 0 unspecified atom stereocenters. The first-order valence-corrected chi connectivity index (χ1v) is 4.03. The molecule has 1 aromatic carbocycles. The SMILES string of the molecule is O=C(CCl)c1ccccc1[N+](=O)[O-]. The molecule has 13 heavy (non-hydrogen) atoms. The number of nitro benzene ring substituents is 1. The van der Waals surface area contributed by atoms with Crippen LogP contribution in [-0.2, 0) is 0 Å². The van der Waals surface area contributed by atoms with Crippen molar-refractivity contribution in [1.82, 2.24) is 0 Å². The third-order valence-corrected chi connectivity index (χ3v) is 1.77. The van der Waals surface area contributed by atoms with Gasteiger partial charge in [-0.3, -0.25) is 14.9 Å². The average Bonchev–Trinajstić information content (AvgIpc) is 2.16. The van der Waals surface area contributed by atoms with E-state index in [1.54, 1.807) is 6.07 Å². The van der Waals surface area contributed by atoms with Gasteiger partial charge in [-0.2, -0.15) is 0 Å². The first-order chi connectivity index (χ1) is 6.16. The largest absolute Gasteiger partial charge is 0.293 e. The zero-order chi connectivity index (χ0) is 9.84. The van der Waals surface area contributed by atoms with Crippen molar-refractivity contribution < 1.29 is 9.72 Å². The number of Topliss-reactive ketones (excluding diaryl/α,β-unsaturated/α-hetero) is 1. The molecule has 0 bridgehead atoms. The maximum absolute atomic E-state index is 11.1. The van der Waals surface area contributed by atoms with Crippen LogP contribution in [0.15, 0.2) is 24.3 Å². The summed E-state index contributed by atoms with van der Waals surface area (Å²) in [7, 11) is 0. The van der Waals surface area contributed by atoms with E-state index in [2.05, 4.69) is 0 Å². The molecular weight excluding hydrogens is 194 g/mol. The van der Waals surface area contributed by atoms with Crippen LogP contribution in [-0.4, -0.2) is 16.6 Å². The number of carbonyl (C=O) groups excluding carboxylic acids is 1. The van der Waals surface area contributed by atoms with Crippen molar-refractivity contribution in [3.63, 3.8) is 0 Å². The van der Waals surface area contributed by atoms with Gasteiger partial charge in [-0.1, -0.05) is 12.1 Å². The highest BCUT2D eigenvalue weighted by molar-refractivity contribution is 6.31. The van der Waals surface area contributed by atoms with E-state index in [0.29, 0.717) is 0 Å². The number of nitrogens with zero attached hydrogens (tertiary/aromatic N) is 1. The first-order valence-electron chi connectivity index (χ1n) is 3.49. The van der Waals surface area contributed by atoms with E-state index in [1.807, 2.05) is 0 Å². The molecule has 68 valence electrons. The number of halogens is 1. The molecule has 0 saturated heterocycles. The third kappa shape index (κ3) is 2.03. The second-order valence-corrected chi connectivity index (χ2v) is 2.60. The van der Waals surface area contributed by atoms with Crippen molar-refractivity contribution in [2.75, 3.05) is 5.88 Å². The quantitative estimate of drug-likeness (QED) is 0.324. The van der Waals surface area contributed by atoms with Crippen LogP contribution in [0.3, 0.4) is 0 Å². The Balaban J connectivity index is 3.19. The van der Waals surface area contributed by atoms with Crippen molar-refractivity contribution in [1.29, 1.82) is 0 Å². The maximum Gasteiger partial charge on any atom is 0.280 e. The Morgan fingerprint density at radius 1 is 1.46 bits per heavy atom. The number of para-hydroxylation sites is 1. The molecule has 0 fully saturated rings. The summed E-state index contributed by atoms with van der Waals surface area (Å²) in [5.74, 6) is -0.681. The zero-order valence-electron chi connectivity index (χ0n) is 6.57. The fraction of sp³-hybridized carbons (Fsp3) is 0.125. The van der Waals surface area contributed by atoms with Gasteiger partial charge in [0.25, 0.3) is 5.69 Å². The molecule has 1 rings (SSSR count). The van der Waals surface area contributed by atoms with Gasteiger partial charge in [0.1, 0.15) is 0 Å². The minimum atomic E-state index is -0.597. The lowest BCUT2D eigenvalue weighted by molar-refractivity contribution is -0.385. The van der Waals surface area contributed by atoms with Gasteiger partial charge >= 0.3 is 0 Å². The Labute approximate surface area is 79.3 Å². The van der Waals surface area contributed by atoms with Gasteiger partial charge in [0, 0.05) is 6.07 Å². The lowest BCUT2D eigenvalue weighted by Gasteiger charge is -1.97. The van der Waals surface area contributed by atoms with Gasteiger partial charge in [-0.15, -0.1) is 11.6 Å². The summed E-state index contributed by atoms with van der Waals surface area (Å²) in [5.41, 5.74) is -0.143. The molecule has 0 saturated carbocycles. The van der Waals surface area contributed by atoms with Crippen LogP contribution in [0.1, 0.15) is 10.4 Å². The summed E-state index contributed by atoms with van der Waals surface area (Å²) in [5, 5.41) is 10.5. The van der Waals surface area contributed by atoms with Gasteiger partial charge in [-0.05, 0) is 6.07 Å². The van der Waals surface area contributed by atoms with Gasteiger partial charge < -0.3 is 0 Å². The fourth-order valence-electron chi connectivity index (χ4n) is 0.941. The van der Waals surface area contributed by atoms with Gasteiger partial charge in [0.2, 0.25) is 0 Å². The normalized spacial score (nSPS) is 9.62. The van der Waals surface area contributed by atoms with Gasteiger partial charge in [0.05, 0.1) is 16.4 Å². The molecule has 0 spiro atoms. The lowest BCUT2D eigenvalue weighted by atomic mass is 10.1. The van der Waals surface area contributed by atoms with E-state index in [4.69, 9.17) is 11.6 Å². The van der Waals surface area contributed by atoms with Crippen LogP contribution >= 0.6 is 11.6 Å². The molecule has 0 aliphatic heterocycles. The predicted octanol–water partition coefficient (Wildman–Crippen LogP) is 2.02. The van der Waals surface area contributed by atoms with Crippen molar-refractivity contribution in [2.45, 2.75) is 0 Å². The number of benzene rings is 1. The highest BCUT2D eigenvalue weighted by Gasteiger charge is 2.17. The van der Waals surface area contributed by atoms with Crippen LogP contribution in [0.25, 0.3) is 0 Å². The summed E-state index contributed by atoms with van der Waals surface area (Å²) < 4.78 is 0. The Kier molecular flexibility index (Phi) is 2.97. The van der Waals surface area contributed by atoms with E-state index >= 15 is 0 Å². The topological polar surface area (TPSA) is 60.2 Å². The number of alkyl halides is 1. The summed E-state index contributed by atoms with van der Waals surface area (Å²) >= 11 is 5.29. The molecule has 4 nitrogen and oxygen atoms in total. The summed E-state index contributed by atoms with van der Waals surface area (Å²) in [4.78, 5) is 21.0. The van der Waals surface area contributed by atoms with E-state index in [9.17, 15) is 14.9 Å². The number of carbonyl (C=O) groups is 1. The van der Waals surface area contributed by atoms with Crippen molar-refractivity contribution in [3.05, 3.63) is 39.9 Å². The second-order valence-electron chi connectivity index (χ2n) is 2.33. The fourth-order valence-corrected chi connectivity index (χ4v) is 1.08. The summed E-state index contributed by atoms with van der Waals surface area (Å²) in [6.07, 6.45) is 0. The zero-order valence-corrected chi connectivity index (χ0v) is 7.32. The minimum Gasteiger partial charge on any atom is -0.293 e. The highest BCUT2D eigenvalue weighted by Crippen LogP contribution is 2.18. The number of nitro groups is 1. The molecule has 0 atom stereocenters. The van der Waals surface area contributed by atoms with Crippen molar-refractivity contribution in [3.8, 4) is 0 Å². The Bertz CT molecular complexity index is 351. The van der Waals surface area contributed by atoms with E-state index in [0.717, 1.165) is 0 Å². The van der Waals surface area contributed by atoms with Crippen LogP contribution < -0.4 is 0 Å². The monoisotopic (exact) mass is 199 g/mol. The van der Waals surface area contributed by atoms with Gasteiger partial charge in [-0.25, -0.2) is 0 Å². The summed E-state index contributed by atoms with van der Waals surface area (Å²) in [6.45, 7) is 0. The average molecular weight is 200 g/mol. The molecule has 0 N–H and O–H groups in total. The molecule has 0 aliphatic carbocycles. The van der Waals surface area contributed by atoms with Crippen LogP contribution in [0.2, 0.25) is 0 Å². The standard InChI is InChI=1S/C8H6ClNO3/c9-5-8(11)6-3-1-2-4-7(6)10(12)13/h1-4H,5H2.